The molecule has 0 spiro atoms. The monoisotopic (exact) mass is 456 g/mol. The lowest BCUT2D eigenvalue weighted by Gasteiger charge is -2.26. The molecule has 0 aliphatic rings. The lowest BCUT2D eigenvalue weighted by molar-refractivity contribution is -0.128. The SMILES string of the molecule is Cc1cc2nc(-c3cccc(NC(=O)C(C)(C)Oc4ccc(C(C)(C)C)cc4)c3)oc2cc1C. The highest BCUT2D eigenvalue weighted by molar-refractivity contribution is 5.97. The molecule has 0 unspecified atom stereocenters. The summed E-state index contributed by atoms with van der Waals surface area (Å²) in [7, 11) is 0. The molecule has 34 heavy (non-hydrogen) atoms. The van der Waals surface area contributed by atoms with Crippen LogP contribution in [0.5, 0.6) is 5.75 Å². The van der Waals surface area contributed by atoms with Crippen molar-refractivity contribution in [3.8, 4) is 17.2 Å². The van der Waals surface area contributed by atoms with Crippen molar-refractivity contribution in [2.45, 2.75) is 59.5 Å². The van der Waals surface area contributed by atoms with Gasteiger partial charge in [0, 0.05) is 11.3 Å². The third-order valence-electron chi connectivity index (χ3n) is 6.01. The van der Waals surface area contributed by atoms with E-state index in [9.17, 15) is 4.79 Å². The summed E-state index contributed by atoms with van der Waals surface area (Å²) in [5.41, 5.74) is 5.55. The van der Waals surface area contributed by atoms with Gasteiger partial charge < -0.3 is 14.5 Å². The summed E-state index contributed by atoms with van der Waals surface area (Å²) in [5.74, 6) is 0.929. The zero-order valence-corrected chi connectivity index (χ0v) is 20.9. The normalized spacial score (nSPS) is 12.1. The maximum Gasteiger partial charge on any atom is 0.267 e. The van der Waals surface area contributed by atoms with Gasteiger partial charge in [-0.15, -0.1) is 0 Å². The van der Waals surface area contributed by atoms with Gasteiger partial charge in [0.05, 0.1) is 0 Å². The Morgan fingerprint density at radius 3 is 2.26 bits per heavy atom. The fraction of sp³-hybridized carbons (Fsp3) is 0.310. The number of amides is 1. The van der Waals surface area contributed by atoms with Crippen LogP contribution in [0.3, 0.4) is 0 Å². The summed E-state index contributed by atoms with van der Waals surface area (Å²) in [4.78, 5) is 17.7. The Balaban J connectivity index is 1.50. The van der Waals surface area contributed by atoms with Crippen molar-refractivity contribution in [2.75, 3.05) is 5.32 Å². The molecule has 3 aromatic carbocycles. The number of carbonyl (C=O) groups excluding carboxylic acids is 1. The molecule has 0 fully saturated rings. The number of ether oxygens (including phenoxy) is 1. The average Bonchev–Trinajstić information content (AvgIpc) is 3.16. The summed E-state index contributed by atoms with van der Waals surface area (Å²) in [5, 5.41) is 2.97. The molecule has 176 valence electrons. The van der Waals surface area contributed by atoms with E-state index in [0.29, 0.717) is 17.3 Å². The fourth-order valence-corrected chi connectivity index (χ4v) is 3.68. The minimum absolute atomic E-state index is 0.0583. The molecule has 0 aliphatic heterocycles. The van der Waals surface area contributed by atoms with Crippen LogP contribution in [0.15, 0.2) is 65.1 Å². The Labute approximate surface area is 201 Å². The van der Waals surface area contributed by atoms with Crippen LogP contribution < -0.4 is 10.1 Å². The largest absolute Gasteiger partial charge is 0.478 e. The minimum atomic E-state index is -1.06. The average molecular weight is 457 g/mol. The van der Waals surface area contributed by atoms with E-state index in [1.165, 1.54) is 11.1 Å². The lowest BCUT2D eigenvalue weighted by Crippen LogP contribution is -2.42. The van der Waals surface area contributed by atoms with Gasteiger partial charge in [-0.05, 0) is 92.3 Å². The third-order valence-corrected chi connectivity index (χ3v) is 6.01. The van der Waals surface area contributed by atoms with Crippen molar-refractivity contribution >= 4 is 22.7 Å². The van der Waals surface area contributed by atoms with Crippen LogP contribution in [-0.2, 0) is 10.2 Å². The first kappa shape index (κ1) is 23.6. The maximum absolute atomic E-state index is 13.1. The molecule has 0 bridgehead atoms. The molecule has 0 atom stereocenters. The van der Waals surface area contributed by atoms with Crippen molar-refractivity contribution in [3.63, 3.8) is 0 Å². The van der Waals surface area contributed by atoms with E-state index < -0.39 is 5.60 Å². The quantitative estimate of drug-likeness (QED) is 0.345. The Bertz CT molecular complexity index is 1300. The number of aromatic nitrogens is 1. The molecule has 5 heteroatoms. The third kappa shape index (κ3) is 4.98. The van der Waals surface area contributed by atoms with Gasteiger partial charge in [0.25, 0.3) is 5.91 Å². The number of benzene rings is 3. The van der Waals surface area contributed by atoms with Crippen LogP contribution in [0, 0.1) is 13.8 Å². The van der Waals surface area contributed by atoms with E-state index in [1.807, 2.05) is 60.7 Å². The predicted molar refractivity (Wildman–Crippen MR) is 137 cm³/mol. The Kier molecular flexibility index (Phi) is 5.98. The number of nitrogens with zero attached hydrogens (tertiary/aromatic N) is 1. The lowest BCUT2D eigenvalue weighted by atomic mass is 9.87. The Hall–Kier alpha value is -3.60. The zero-order valence-electron chi connectivity index (χ0n) is 20.9. The van der Waals surface area contributed by atoms with Gasteiger partial charge in [0.15, 0.2) is 11.2 Å². The van der Waals surface area contributed by atoms with Gasteiger partial charge in [-0.2, -0.15) is 0 Å². The molecule has 1 N–H and O–H groups in total. The number of aryl methyl sites for hydroxylation is 2. The van der Waals surface area contributed by atoms with Gasteiger partial charge in [-0.25, -0.2) is 4.98 Å². The highest BCUT2D eigenvalue weighted by atomic mass is 16.5. The van der Waals surface area contributed by atoms with E-state index in [-0.39, 0.29) is 11.3 Å². The number of hydrogen-bond acceptors (Lipinski definition) is 4. The molecule has 0 saturated heterocycles. The standard InChI is InChI=1S/C29H32N2O3/c1-18-15-24-25(16-19(18)2)33-26(31-24)20-9-8-10-22(17-20)30-27(32)29(6,7)34-23-13-11-21(12-14-23)28(3,4)5/h8-17H,1-7H3,(H,30,32). The van der Waals surface area contributed by atoms with Gasteiger partial charge in [0.2, 0.25) is 5.89 Å². The number of carbonyl (C=O) groups is 1. The Morgan fingerprint density at radius 2 is 1.59 bits per heavy atom. The highest BCUT2D eigenvalue weighted by Crippen LogP contribution is 2.29. The molecule has 0 aliphatic carbocycles. The number of oxazole rings is 1. The Morgan fingerprint density at radius 1 is 0.912 bits per heavy atom. The molecular formula is C29H32N2O3. The number of anilines is 1. The smallest absolute Gasteiger partial charge is 0.267 e. The summed E-state index contributed by atoms with van der Waals surface area (Å²) < 4.78 is 12.0. The van der Waals surface area contributed by atoms with Crippen LogP contribution in [-0.4, -0.2) is 16.5 Å². The molecule has 1 amide bonds. The molecule has 0 radical (unpaired) electrons. The van der Waals surface area contributed by atoms with Crippen LogP contribution in [0.2, 0.25) is 0 Å². The minimum Gasteiger partial charge on any atom is -0.478 e. The molecular weight excluding hydrogens is 424 g/mol. The predicted octanol–water partition coefficient (Wildman–Crippen LogP) is 7.21. The summed E-state index contributed by atoms with van der Waals surface area (Å²) in [6.07, 6.45) is 0. The summed E-state index contributed by atoms with van der Waals surface area (Å²) >= 11 is 0. The molecule has 4 aromatic rings. The molecule has 0 saturated carbocycles. The summed E-state index contributed by atoms with van der Waals surface area (Å²) in [6.45, 7) is 14.1. The second-order valence-electron chi connectivity index (χ2n) is 10.3. The van der Waals surface area contributed by atoms with Crippen LogP contribution in [0.4, 0.5) is 5.69 Å². The zero-order chi connectivity index (χ0) is 24.7. The number of hydrogen-bond donors (Lipinski definition) is 1. The van der Waals surface area contributed by atoms with Gasteiger partial charge in [-0.3, -0.25) is 4.79 Å². The van der Waals surface area contributed by atoms with Crippen molar-refractivity contribution < 1.29 is 13.9 Å². The van der Waals surface area contributed by atoms with Gasteiger partial charge in [0.1, 0.15) is 11.3 Å². The van der Waals surface area contributed by atoms with Gasteiger partial charge in [-0.1, -0.05) is 39.0 Å². The van der Waals surface area contributed by atoms with Crippen LogP contribution >= 0.6 is 0 Å². The molecule has 5 nitrogen and oxygen atoms in total. The topological polar surface area (TPSA) is 64.4 Å². The van der Waals surface area contributed by atoms with E-state index in [4.69, 9.17) is 9.15 Å². The van der Waals surface area contributed by atoms with Crippen LogP contribution in [0.25, 0.3) is 22.6 Å². The summed E-state index contributed by atoms with van der Waals surface area (Å²) in [6, 6.07) is 19.4. The second-order valence-corrected chi connectivity index (χ2v) is 10.3. The van der Waals surface area contributed by atoms with E-state index >= 15 is 0 Å². The maximum atomic E-state index is 13.1. The fourth-order valence-electron chi connectivity index (χ4n) is 3.68. The van der Waals surface area contributed by atoms with Crippen molar-refractivity contribution in [2.24, 2.45) is 0 Å². The highest BCUT2D eigenvalue weighted by Gasteiger charge is 2.30. The number of nitrogens with one attached hydrogen (secondary N) is 1. The first-order chi connectivity index (χ1) is 15.9. The number of fused-ring (bicyclic) bond motifs is 1. The van der Waals surface area contributed by atoms with Crippen LogP contribution in [0.1, 0.15) is 51.3 Å². The van der Waals surface area contributed by atoms with Crippen molar-refractivity contribution in [1.29, 1.82) is 0 Å². The first-order valence-corrected chi connectivity index (χ1v) is 11.5. The number of rotatable bonds is 5. The molecule has 1 aromatic heterocycles. The van der Waals surface area contributed by atoms with Crippen molar-refractivity contribution in [3.05, 3.63) is 77.4 Å². The molecule has 4 rings (SSSR count). The van der Waals surface area contributed by atoms with E-state index in [0.717, 1.165) is 22.2 Å². The first-order valence-electron chi connectivity index (χ1n) is 11.5. The van der Waals surface area contributed by atoms with Gasteiger partial charge >= 0.3 is 0 Å². The molecule has 1 heterocycles. The van der Waals surface area contributed by atoms with E-state index in [2.05, 4.69) is 44.9 Å². The van der Waals surface area contributed by atoms with Crippen molar-refractivity contribution in [1.82, 2.24) is 4.98 Å². The van der Waals surface area contributed by atoms with E-state index in [1.54, 1.807) is 13.8 Å². The second kappa shape index (κ2) is 8.64.